The van der Waals surface area contributed by atoms with Gasteiger partial charge in [0.1, 0.15) is 0 Å². The standard InChI is InChI=1S/C16H29N3O.2ClH/c17-10-13-2-1-3-15(13)16(20)18-14-6-8-19(9-7-14)11-12-4-5-12;;/h12-15H,1-11,17H2,(H,18,20);2*1H/t13-,15-;;/m1../s1. The van der Waals surface area contributed by atoms with Crippen LogP contribution < -0.4 is 11.1 Å². The van der Waals surface area contributed by atoms with E-state index in [1.165, 1.54) is 25.8 Å². The number of amides is 1. The molecule has 3 rings (SSSR count). The van der Waals surface area contributed by atoms with E-state index in [4.69, 9.17) is 5.73 Å². The van der Waals surface area contributed by atoms with Crippen LogP contribution in [0.2, 0.25) is 0 Å². The van der Waals surface area contributed by atoms with Crippen LogP contribution in [0.4, 0.5) is 0 Å². The third-order valence-electron chi connectivity index (χ3n) is 5.45. The molecule has 0 aromatic carbocycles. The van der Waals surface area contributed by atoms with Gasteiger partial charge in [-0.05, 0) is 56.9 Å². The molecule has 1 heterocycles. The number of nitrogens with one attached hydrogen (secondary N) is 1. The van der Waals surface area contributed by atoms with Crippen molar-refractivity contribution >= 4 is 30.7 Å². The van der Waals surface area contributed by atoms with Gasteiger partial charge in [-0.15, -0.1) is 24.8 Å². The van der Waals surface area contributed by atoms with E-state index in [0.717, 1.165) is 44.7 Å². The molecule has 1 amide bonds. The smallest absolute Gasteiger partial charge is 0.223 e. The first-order chi connectivity index (χ1) is 9.76. The molecule has 130 valence electrons. The molecule has 3 aliphatic rings. The van der Waals surface area contributed by atoms with E-state index < -0.39 is 0 Å². The minimum atomic E-state index is 0. The maximum atomic E-state index is 12.4. The van der Waals surface area contributed by atoms with Crippen molar-refractivity contribution in [2.45, 2.75) is 51.0 Å². The topological polar surface area (TPSA) is 58.4 Å². The lowest BCUT2D eigenvalue weighted by molar-refractivity contribution is -0.127. The lowest BCUT2D eigenvalue weighted by Crippen LogP contribution is -2.47. The molecule has 0 unspecified atom stereocenters. The Balaban J connectivity index is 0.00000121. The minimum absolute atomic E-state index is 0. The Bertz CT molecular complexity index is 344. The Kier molecular flexibility index (Phi) is 8.47. The highest BCUT2D eigenvalue weighted by molar-refractivity contribution is 5.85. The molecule has 1 saturated heterocycles. The van der Waals surface area contributed by atoms with E-state index in [2.05, 4.69) is 10.2 Å². The summed E-state index contributed by atoms with van der Waals surface area (Å²) in [6.45, 7) is 4.27. The molecular formula is C16H31Cl2N3O. The van der Waals surface area contributed by atoms with Crippen molar-refractivity contribution in [1.29, 1.82) is 0 Å². The molecule has 3 N–H and O–H groups in total. The van der Waals surface area contributed by atoms with Crippen molar-refractivity contribution in [3.05, 3.63) is 0 Å². The van der Waals surface area contributed by atoms with Crippen LogP contribution in [0.5, 0.6) is 0 Å². The Labute approximate surface area is 146 Å². The summed E-state index contributed by atoms with van der Waals surface area (Å²) < 4.78 is 0. The van der Waals surface area contributed by atoms with E-state index >= 15 is 0 Å². The van der Waals surface area contributed by atoms with Crippen LogP contribution in [0.25, 0.3) is 0 Å². The molecule has 0 radical (unpaired) electrons. The summed E-state index contributed by atoms with van der Waals surface area (Å²) in [5, 5.41) is 3.29. The SMILES string of the molecule is Cl.Cl.NC[C@H]1CCC[C@H]1C(=O)NC1CCN(CC2CC2)CC1. The summed E-state index contributed by atoms with van der Waals surface area (Å²) in [7, 11) is 0. The van der Waals surface area contributed by atoms with Gasteiger partial charge in [-0.25, -0.2) is 0 Å². The van der Waals surface area contributed by atoms with Gasteiger partial charge >= 0.3 is 0 Å². The summed E-state index contributed by atoms with van der Waals surface area (Å²) in [5.41, 5.74) is 5.78. The zero-order valence-corrected chi connectivity index (χ0v) is 15.0. The molecule has 2 saturated carbocycles. The first kappa shape index (κ1) is 20.0. The van der Waals surface area contributed by atoms with Crippen LogP contribution in [0.3, 0.4) is 0 Å². The predicted octanol–water partition coefficient (Wildman–Crippen LogP) is 2.20. The Morgan fingerprint density at radius 2 is 1.73 bits per heavy atom. The second-order valence-corrected chi connectivity index (χ2v) is 7.06. The van der Waals surface area contributed by atoms with Gasteiger partial charge in [0.05, 0.1) is 0 Å². The minimum Gasteiger partial charge on any atom is -0.353 e. The molecule has 22 heavy (non-hydrogen) atoms. The highest BCUT2D eigenvalue weighted by atomic mass is 35.5. The molecule has 6 heteroatoms. The molecule has 4 nitrogen and oxygen atoms in total. The zero-order chi connectivity index (χ0) is 13.9. The summed E-state index contributed by atoms with van der Waals surface area (Å²) in [6, 6.07) is 0.400. The van der Waals surface area contributed by atoms with Gasteiger partial charge in [0.15, 0.2) is 0 Å². The van der Waals surface area contributed by atoms with Crippen LogP contribution in [-0.4, -0.2) is 43.0 Å². The number of nitrogens with zero attached hydrogens (tertiary/aromatic N) is 1. The van der Waals surface area contributed by atoms with E-state index in [0.29, 0.717) is 18.5 Å². The number of carbonyl (C=O) groups excluding carboxylic acids is 1. The first-order valence-corrected chi connectivity index (χ1v) is 8.49. The molecule has 2 atom stereocenters. The fraction of sp³-hybridized carbons (Fsp3) is 0.938. The van der Waals surface area contributed by atoms with Crippen LogP contribution in [0.15, 0.2) is 0 Å². The number of halogens is 2. The van der Waals surface area contributed by atoms with E-state index in [1.54, 1.807) is 0 Å². The number of likely N-dealkylation sites (tertiary alicyclic amines) is 1. The van der Waals surface area contributed by atoms with E-state index in [-0.39, 0.29) is 36.6 Å². The van der Waals surface area contributed by atoms with Crippen LogP contribution in [-0.2, 0) is 4.79 Å². The summed E-state index contributed by atoms with van der Waals surface area (Å²) in [5.74, 6) is 1.86. The second-order valence-electron chi connectivity index (χ2n) is 7.06. The predicted molar refractivity (Wildman–Crippen MR) is 94.7 cm³/mol. The number of nitrogens with two attached hydrogens (primary N) is 1. The first-order valence-electron chi connectivity index (χ1n) is 8.49. The Hall–Kier alpha value is -0.0300. The number of carbonyl (C=O) groups is 1. The monoisotopic (exact) mass is 351 g/mol. The van der Waals surface area contributed by atoms with Gasteiger partial charge in [0.2, 0.25) is 5.91 Å². The number of piperidine rings is 1. The molecule has 0 aromatic rings. The Morgan fingerprint density at radius 3 is 2.32 bits per heavy atom. The average molecular weight is 352 g/mol. The van der Waals surface area contributed by atoms with Gasteiger partial charge < -0.3 is 16.0 Å². The van der Waals surface area contributed by atoms with Crippen molar-refractivity contribution in [3.8, 4) is 0 Å². The molecule has 1 aliphatic heterocycles. The van der Waals surface area contributed by atoms with E-state index in [1.807, 2.05) is 0 Å². The maximum Gasteiger partial charge on any atom is 0.223 e. The number of hydrogen-bond donors (Lipinski definition) is 2. The fourth-order valence-corrected chi connectivity index (χ4v) is 3.90. The van der Waals surface area contributed by atoms with E-state index in [9.17, 15) is 4.79 Å². The lowest BCUT2D eigenvalue weighted by Gasteiger charge is -2.33. The molecule has 0 aromatic heterocycles. The lowest BCUT2D eigenvalue weighted by atomic mass is 9.94. The second kappa shape index (κ2) is 9.31. The number of rotatable bonds is 5. The molecular weight excluding hydrogens is 321 g/mol. The molecule has 3 fully saturated rings. The molecule has 2 aliphatic carbocycles. The molecule has 0 spiro atoms. The Morgan fingerprint density at radius 1 is 1.05 bits per heavy atom. The highest BCUT2D eigenvalue weighted by Crippen LogP contribution is 2.32. The van der Waals surface area contributed by atoms with Gasteiger partial charge in [-0.3, -0.25) is 4.79 Å². The maximum absolute atomic E-state index is 12.4. The van der Waals surface area contributed by atoms with Gasteiger partial charge in [0.25, 0.3) is 0 Å². The van der Waals surface area contributed by atoms with Crippen molar-refractivity contribution in [3.63, 3.8) is 0 Å². The third-order valence-corrected chi connectivity index (χ3v) is 5.45. The summed E-state index contributed by atoms with van der Waals surface area (Å²) >= 11 is 0. The van der Waals surface area contributed by atoms with Crippen molar-refractivity contribution < 1.29 is 4.79 Å². The van der Waals surface area contributed by atoms with Crippen molar-refractivity contribution in [1.82, 2.24) is 10.2 Å². The largest absolute Gasteiger partial charge is 0.353 e. The van der Waals surface area contributed by atoms with Crippen LogP contribution >= 0.6 is 24.8 Å². The van der Waals surface area contributed by atoms with Crippen molar-refractivity contribution in [2.75, 3.05) is 26.2 Å². The van der Waals surface area contributed by atoms with Gasteiger partial charge in [-0.2, -0.15) is 0 Å². The zero-order valence-electron chi connectivity index (χ0n) is 13.3. The van der Waals surface area contributed by atoms with Crippen molar-refractivity contribution in [2.24, 2.45) is 23.5 Å². The van der Waals surface area contributed by atoms with Crippen LogP contribution in [0.1, 0.15) is 44.9 Å². The third kappa shape index (κ3) is 5.26. The average Bonchev–Trinajstić information content (AvgIpc) is 3.14. The fourth-order valence-electron chi connectivity index (χ4n) is 3.90. The quantitative estimate of drug-likeness (QED) is 0.798. The van der Waals surface area contributed by atoms with Crippen LogP contribution in [0, 0.1) is 17.8 Å². The van der Waals surface area contributed by atoms with Gasteiger partial charge in [-0.1, -0.05) is 6.42 Å². The van der Waals surface area contributed by atoms with Gasteiger partial charge in [0, 0.05) is 31.6 Å². The summed E-state index contributed by atoms with van der Waals surface area (Å²) in [6.07, 6.45) is 8.44. The normalized spacial score (nSPS) is 29.5. The highest BCUT2D eigenvalue weighted by Gasteiger charge is 2.33. The summed E-state index contributed by atoms with van der Waals surface area (Å²) in [4.78, 5) is 15.0. The molecule has 0 bridgehead atoms. The number of hydrogen-bond acceptors (Lipinski definition) is 3.